The molecular formula is C13H20N2O. The first-order valence-corrected chi connectivity index (χ1v) is 6.14. The number of aryl methyl sites for hydroxylation is 1. The van der Waals surface area contributed by atoms with Crippen LogP contribution in [0, 0.1) is 5.92 Å². The summed E-state index contributed by atoms with van der Waals surface area (Å²) < 4.78 is 0. The van der Waals surface area contributed by atoms with Crippen molar-refractivity contribution >= 4 is 5.69 Å². The van der Waals surface area contributed by atoms with Gasteiger partial charge in [-0.25, -0.2) is 0 Å². The van der Waals surface area contributed by atoms with Gasteiger partial charge >= 0.3 is 0 Å². The van der Waals surface area contributed by atoms with E-state index in [4.69, 9.17) is 5.11 Å². The third-order valence-corrected chi connectivity index (χ3v) is 3.41. The Balaban J connectivity index is 1.97. The second-order valence-corrected chi connectivity index (χ2v) is 4.47. The van der Waals surface area contributed by atoms with Crippen molar-refractivity contribution in [1.82, 2.24) is 4.98 Å². The average Bonchev–Trinajstić information content (AvgIpc) is 2.39. The van der Waals surface area contributed by atoms with Crippen LogP contribution in [0.5, 0.6) is 0 Å². The Kier molecular flexibility index (Phi) is 3.78. The normalized spacial score (nSPS) is 17.8. The summed E-state index contributed by atoms with van der Waals surface area (Å²) in [5, 5.41) is 9.09. The van der Waals surface area contributed by atoms with Crippen LogP contribution in [-0.2, 0) is 6.42 Å². The molecule has 0 atom stereocenters. The van der Waals surface area contributed by atoms with E-state index in [0.717, 1.165) is 38.0 Å². The summed E-state index contributed by atoms with van der Waals surface area (Å²) in [5.74, 6) is 0.499. The SMILES string of the molecule is CCc1ccc(N2CCC(CO)CC2)cn1. The van der Waals surface area contributed by atoms with E-state index in [1.807, 2.05) is 6.20 Å². The van der Waals surface area contributed by atoms with Crippen molar-refractivity contribution in [2.45, 2.75) is 26.2 Å². The Morgan fingerprint density at radius 1 is 1.38 bits per heavy atom. The number of nitrogens with zero attached hydrogens (tertiary/aromatic N) is 2. The van der Waals surface area contributed by atoms with E-state index in [0.29, 0.717) is 12.5 Å². The highest BCUT2D eigenvalue weighted by Crippen LogP contribution is 2.22. The minimum atomic E-state index is 0.334. The number of aliphatic hydroxyl groups excluding tert-OH is 1. The van der Waals surface area contributed by atoms with Crippen molar-refractivity contribution in [1.29, 1.82) is 0 Å². The van der Waals surface area contributed by atoms with Crippen LogP contribution in [0.1, 0.15) is 25.5 Å². The molecule has 0 unspecified atom stereocenters. The second-order valence-electron chi connectivity index (χ2n) is 4.47. The number of hydrogen-bond acceptors (Lipinski definition) is 3. The molecule has 0 amide bonds. The number of hydrogen-bond donors (Lipinski definition) is 1. The molecular weight excluding hydrogens is 200 g/mol. The van der Waals surface area contributed by atoms with Crippen LogP contribution in [0.3, 0.4) is 0 Å². The Bertz CT molecular complexity index is 315. The predicted molar refractivity (Wildman–Crippen MR) is 65.6 cm³/mol. The third kappa shape index (κ3) is 2.53. The minimum Gasteiger partial charge on any atom is -0.396 e. The summed E-state index contributed by atoms with van der Waals surface area (Å²) in [6.07, 6.45) is 5.14. The molecule has 1 aliphatic heterocycles. The first-order chi connectivity index (χ1) is 7.83. The van der Waals surface area contributed by atoms with Crippen LogP contribution in [0.4, 0.5) is 5.69 Å². The minimum absolute atomic E-state index is 0.334. The number of rotatable bonds is 3. The van der Waals surface area contributed by atoms with E-state index in [1.54, 1.807) is 0 Å². The van der Waals surface area contributed by atoms with E-state index in [-0.39, 0.29) is 0 Å². The number of pyridine rings is 1. The Hall–Kier alpha value is -1.09. The highest BCUT2D eigenvalue weighted by atomic mass is 16.3. The summed E-state index contributed by atoms with van der Waals surface area (Å²) in [4.78, 5) is 6.78. The van der Waals surface area contributed by atoms with Crippen LogP contribution in [0.25, 0.3) is 0 Å². The molecule has 3 nitrogen and oxygen atoms in total. The first kappa shape index (κ1) is 11.4. The van der Waals surface area contributed by atoms with Gasteiger partial charge < -0.3 is 10.0 Å². The predicted octanol–water partition coefficient (Wildman–Crippen LogP) is 1.85. The van der Waals surface area contributed by atoms with Crippen molar-refractivity contribution < 1.29 is 5.11 Å². The zero-order valence-electron chi connectivity index (χ0n) is 9.89. The van der Waals surface area contributed by atoms with Crippen LogP contribution in [0.15, 0.2) is 18.3 Å². The van der Waals surface area contributed by atoms with Crippen LogP contribution < -0.4 is 4.90 Å². The standard InChI is InChI=1S/C13H20N2O/c1-2-12-3-4-13(9-14-12)15-7-5-11(10-16)6-8-15/h3-4,9,11,16H,2,5-8,10H2,1H3. The lowest BCUT2D eigenvalue weighted by molar-refractivity contribution is 0.203. The van der Waals surface area contributed by atoms with E-state index >= 15 is 0 Å². The zero-order chi connectivity index (χ0) is 11.4. The summed E-state index contributed by atoms with van der Waals surface area (Å²) in [6.45, 7) is 4.53. The summed E-state index contributed by atoms with van der Waals surface area (Å²) in [7, 11) is 0. The smallest absolute Gasteiger partial charge is 0.0552 e. The number of aliphatic hydroxyl groups is 1. The van der Waals surface area contributed by atoms with Crippen molar-refractivity contribution in [3.63, 3.8) is 0 Å². The van der Waals surface area contributed by atoms with E-state index in [9.17, 15) is 0 Å². The molecule has 1 aromatic rings. The van der Waals surface area contributed by atoms with Crippen LogP contribution in [-0.4, -0.2) is 29.8 Å². The van der Waals surface area contributed by atoms with Gasteiger partial charge in [0.05, 0.1) is 11.9 Å². The van der Waals surface area contributed by atoms with Gasteiger partial charge in [-0.1, -0.05) is 6.92 Å². The molecule has 0 aromatic carbocycles. The highest BCUT2D eigenvalue weighted by Gasteiger charge is 2.18. The maximum absolute atomic E-state index is 9.09. The monoisotopic (exact) mass is 220 g/mol. The molecule has 3 heteroatoms. The Morgan fingerprint density at radius 2 is 2.12 bits per heavy atom. The fraction of sp³-hybridized carbons (Fsp3) is 0.615. The molecule has 0 spiro atoms. The quantitative estimate of drug-likeness (QED) is 0.844. The molecule has 0 radical (unpaired) electrons. The van der Waals surface area contributed by atoms with Crippen LogP contribution in [0.2, 0.25) is 0 Å². The molecule has 88 valence electrons. The van der Waals surface area contributed by atoms with Gasteiger partial charge in [0.1, 0.15) is 0 Å². The molecule has 1 fully saturated rings. The van der Waals surface area contributed by atoms with E-state index in [2.05, 4.69) is 28.9 Å². The molecule has 1 aliphatic rings. The maximum atomic E-state index is 9.09. The lowest BCUT2D eigenvalue weighted by Gasteiger charge is -2.32. The molecule has 0 aliphatic carbocycles. The van der Waals surface area contributed by atoms with Crippen LogP contribution >= 0.6 is 0 Å². The summed E-state index contributed by atoms with van der Waals surface area (Å²) in [6, 6.07) is 4.26. The Morgan fingerprint density at radius 3 is 2.62 bits per heavy atom. The van der Waals surface area contributed by atoms with Gasteiger partial charge in [0.25, 0.3) is 0 Å². The maximum Gasteiger partial charge on any atom is 0.0552 e. The summed E-state index contributed by atoms with van der Waals surface area (Å²) >= 11 is 0. The molecule has 0 bridgehead atoms. The van der Waals surface area contributed by atoms with Crippen molar-refractivity contribution in [3.05, 3.63) is 24.0 Å². The zero-order valence-corrected chi connectivity index (χ0v) is 9.89. The number of piperidine rings is 1. The third-order valence-electron chi connectivity index (χ3n) is 3.41. The van der Waals surface area contributed by atoms with Gasteiger partial charge in [-0.2, -0.15) is 0 Å². The second kappa shape index (κ2) is 5.30. The molecule has 1 saturated heterocycles. The first-order valence-electron chi connectivity index (χ1n) is 6.14. The van der Waals surface area contributed by atoms with E-state index < -0.39 is 0 Å². The molecule has 0 saturated carbocycles. The van der Waals surface area contributed by atoms with Gasteiger partial charge in [0.15, 0.2) is 0 Å². The molecule has 1 aromatic heterocycles. The molecule has 2 heterocycles. The highest BCUT2D eigenvalue weighted by molar-refractivity contribution is 5.44. The summed E-state index contributed by atoms with van der Waals surface area (Å²) in [5.41, 5.74) is 2.36. The number of aromatic nitrogens is 1. The van der Waals surface area contributed by atoms with Gasteiger partial charge in [-0.3, -0.25) is 4.98 Å². The average molecular weight is 220 g/mol. The molecule has 2 rings (SSSR count). The van der Waals surface area contributed by atoms with Gasteiger partial charge in [-0.15, -0.1) is 0 Å². The largest absolute Gasteiger partial charge is 0.396 e. The fourth-order valence-electron chi connectivity index (χ4n) is 2.19. The van der Waals surface area contributed by atoms with Crippen molar-refractivity contribution in [3.8, 4) is 0 Å². The Labute approximate surface area is 97.1 Å². The topological polar surface area (TPSA) is 36.4 Å². The number of anilines is 1. The van der Waals surface area contributed by atoms with Crippen molar-refractivity contribution in [2.24, 2.45) is 5.92 Å². The lowest BCUT2D eigenvalue weighted by Crippen LogP contribution is -2.34. The van der Waals surface area contributed by atoms with Gasteiger partial charge in [0.2, 0.25) is 0 Å². The van der Waals surface area contributed by atoms with E-state index in [1.165, 1.54) is 5.69 Å². The van der Waals surface area contributed by atoms with Gasteiger partial charge in [0, 0.05) is 25.4 Å². The molecule has 16 heavy (non-hydrogen) atoms. The molecule has 1 N–H and O–H groups in total. The van der Waals surface area contributed by atoms with Crippen molar-refractivity contribution in [2.75, 3.05) is 24.6 Å². The van der Waals surface area contributed by atoms with Gasteiger partial charge in [-0.05, 0) is 37.3 Å². The fourth-order valence-corrected chi connectivity index (χ4v) is 2.19. The lowest BCUT2D eigenvalue weighted by atomic mass is 9.97.